The number of halogens is 1. The van der Waals surface area contributed by atoms with Gasteiger partial charge in [-0.1, -0.05) is 41.9 Å². The van der Waals surface area contributed by atoms with E-state index in [1.54, 1.807) is 24.3 Å². The number of amides is 1. The first-order valence-electron chi connectivity index (χ1n) is 6.77. The number of nitrogens with zero attached hydrogens (tertiary/aromatic N) is 1. The topological polar surface area (TPSA) is 52.9 Å². The third-order valence-electron chi connectivity index (χ3n) is 3.37. The number of carbonyl (C=O) groups is 1. The number of hydrogen-bond donors (Lipinski definition) is 1. The van der Waals surface area contributed by atoms with E-state index < -0.39 is 5.91 Å². The van der Waals surface area contributed by atoms with Gasteiger partial charge in [0.25, 0.3) is 5.91 Å². The van der Waals surface area contributed by atoms with Gasteiger partial charge in [0.1, 0.15) is 11.6 Å². The van der Waals surface area contributed by atoms with Crippen LogP contribution in [-0.2, 0) is 4.79 Å². The second-order valence-electron chi connectivity index (χ2n) is 4.89. The molecule has 0 aliphatic rings. The lowest BCUT2D eigenvalue weighted by Gasteiger charge is -2.09. The third-order valence-corrected chi connectivity index (χ3v) is 3.78. The molecule has 0 saturated heterocycles. The molecule has 0 aromatic heterocycles. The summed E-state index contributed by atoms with van der Waals surface area (Å²) in [5.74, 6) is -0.448. The van der Waals surface area contributed by atoms with Crippen LogP contribution in [0.5, 0.6) is 0 Å². The molecule has 0 spiro atoms. The highest BCUT2D eigenvalue weighted by Crippen LogP contribution is 2.23. The van der Waals surface area contributed by atoms with Crippen LogP contribution in [0.1, 0.15) is 16.7 Å². The van der Waals surface area contributed by atoms with E-state index in [0.717, 1.165) is 16.7 Å². The summed E-state index contributed by atoms with van der Waals surface area (Å²) < 4.78 is 0. The summed E-state index contributed by atoms with van der Waals surface area (Å²) in [7, 11) is 0. The molecule has 0 heterocycles. The number of anilines is 1. The van der Waals surface area contributed by atoms with Crippen LogP contribution in [0.2, 0.25) is 5.02 Å². The van der Waals surface area contributed by atoms with Gasteiger partial charge in [0, 0.05) is 10.7 Å². The van der Waals surface area contributed by atoms with Crippen LogP contribution >= 0.6 is 11.6 Å². The number of rotatable bonds is 3. The monoisotopic (exact) mass is 310 g/mol. The lowest BCUT2D eigenvalue weighted by atomic mass is 10.1. The van der Waals surface area contributed by atoms with Gasteiger partial charge in [-0.25, -0.2) is 0 Å². The van der Waals surface area contributed by atoms with Crippen LogP contribution in [-0.4, -0.2) is 5.91 Å². The van der Waals surface area contributed by atoms with Crippen molar-refractivity contribution in [3.63, 3.8) is 0 Å². The minimum atomic E-state index is -0.448. The van der Waals surface area contributed by atoms with Gasteiger partial charge >= 0.3 is 0 Å². The Bertz CT molecular complexity index is 788. The molecule has 0 radical (unpaired) electrons. The zero-order valence-corrected chi connectivity index (χ0v) is 13.1. The summed E-state index contributed by atoms with van der Waals surface area (Å²) in [4.78, 5) is 12.3. The Kier molecular flexibility index (Phi) is 4.98. The van der Waals surface area contributed by atoms with Gasteiger partial charge in [0.2, 0.25) is 0 Å². The van der Waals surface area contributed by atoms with Gasteiger partial charge < -0.3 is 5.32 Å². The van der Waals surface area contributed by atoms with Gasteiger partial charge in [-0.15, -0.1) is 0 Å². The molecule has 0 fully saturated rings. The lowest BCUT2D eigenvalue weighted by molar-refractivity contribution is -0.112. The SMILES string of the molecule is Cc1ccccc1/C=C(/C#N)C(=O)Nc1cccc(Cl)c1C. The summed E-state index contributed by atoms with van der Waals surface area (Å²) in [5, 5.41) is 12.5. The third kappa shape index (κ3) is 3.55. The van der Waals surface area contributed by atoms with Crippen molar-refractivity contribution in [3.05, 3.63) is 69.8 Å². The van der Waals surface area contributed by atoms with E-state index in [0.29, 0.717) is 10.7 Å². The molecule has 2 rings (SSSR count). The molecular formula is C18H15ClN2O. The van der Waals surface area contributed by atoms with E-state index in [9.17, 15) is 10.1 Å². The molecule has 1 amide bonds. The molecule has 0 unspecified atom stereocenters. The zero-order valence-electron chi connectivity index (χ0n) is 12.4. The molecule has 110 valence electrons. The average molecular weight is 311 g/mol. The Labute approximate surface area is 134 Å². The van der Waals surface area contributed by atoms with Gasteiger partial charge in [0.15, 0.2) is 0 Å². The Hall–Kier alpha value is -2.57. The molecule has 2 aromatic rings. The molecule has 0 atom stereocenters. The van der Waals surface area contributed by atoms with Crippen molar-refractivity contribution in [2.75, 3.05) is 5.32 Å². The van der Waals surface area contributed by atoms with Crippen molar-refractivity contribution in [2.24, 2.45) is 0 Å². The summed E-state index contributed by atoms with van der Waals surface area (Å²) in [6, 6.07) is 14.8. The minimum Gasteiger partial charge on any atom is -0.321 e. The largest absolute Gasteiger partial charge is 0.321 e. The summed E-state index contributed by atoms with van der Waals surface area (Å²) in [6.45, 7) is 3.74. The number of nitrogens with one attached hydrogen (secondary N) is 1. The second-order valence-corrected chi connectivity index (χ2v) is 5.30. The van der Waals surface area contributed by atoms with Gasteiger partial charge in [-0.3, -0.25) is 4.79 Å². The highest BCUT2D eigenvalue weighted by atomic mass is 35.5. The predicted molar refractivity (Wildman–Crippen MR) is 89.6 cm³/mol. The number of carbonyl (C=O) groups excluding carboxylic acids is 1. The van der Waals surface area contributed by atoms with Gasteiger partial charge in [-0.05, 0) is 48.7 Å². The van der Waals surface area contributed by atoms with E-state index in [-0.39, 0.29) is 5.57 Å². The molecule has 0 saturated carbocycles. The Morgan fingerprint density at radius 1 is 1.18 bits per heavy atom. The highest BCUT2D eigenvalue weighted by Gasteiger charge is 2.12. The minimum absolute atomic E-state index is 0.0497. The molecule has 1 N–H and O–H groups in total. The van der Waals surface area contributed by atoms with Crippen LogP contribution < -0.4 is 5.32 Å². The first-order valence-corrected chi connectivity index (χ1v) is 7.14. The van der Waals surface area contributed by atoms with Gasteiger partial charge in [-0.2, -0.15) is 5.26 Å². The molecule has 22 heavy (non-hydrogen) atoms. The maximum absolute atomic E-state index is 12.3. The van der Waals surface area contributed by atoms with Crippen LogP contribution in [0, 0.1) is 25.2 Å². The van der Waals surface area contributed by atoms with Crippen molar-refractivity contribution in [3.8, 4) is 6.07 Å². The fraction of sp³-hybridized carbons (Fsp3) is 0.111. The van der Waals surface area contributed by atoms with Crippen molar-refractivity contribution >= 4 is 29.3 Å². The average Bonchev–Trinajstić information content (AvgIpc) is 2.51. The predicted octanol–water partition coefficient (Wildman–Crippen LogP) is 4.50. The van der Waals surface area contributed by atoms with Crippen LogP contribution in [0.3, 0.4) is 0 Å². The number of benzene rings is 2. The first kappa shape index (κ1) is 15.8. The maximum atomic E-state index is 12.3. The van der Waals surface area contributed by atoms with E-state index in [1.807, 2.05) is 44.2 Å². The molecule has 3 nitrogen and oxygen atoms in total. The van der Waals surface area contributed by atoms with Crippen LogP contribution in [0.15, 0.2) is 48.0 Å². The Morgan fingerprint density at radius 2 is 1.91 bits per heavy atom. The van der Waals surface area contributed by atoms with Crippen molar-refractivity contribution in [1.82, 2.24) is 0 Å². The van der Waals surface area contributed by atoms with E-state index in [1.165, 1.54) is 0 Å². The molecular weight excluding hydrogens is 296 g/mol. The highest BCUT2D eigenvalue weighted by molar-refractivity contribution is 6.31. The number of nitriles is 1. The summed E-state index contributed by atoms with van der Waals surface area (Å²) >= 11 is 6.03. The lowest BCUT2D eigenvalue weighted by Crippen LogP contribution is -2.14. The van der Waals surface area contributed by atoms with E-state index >= 15 is 0 Å². The van der Waals surface area contributed by atoms with E-state index in [4.69, 9.17) is 11.6 Å². The summed E-state index contributed by atoms with van der Waals surface area (Å²) in [6.07, 6.45) is 1.59. The first-order chi connectivity index (χ1) is 10.5. The van der Waals surface area contributed by atoms with E-state index in [2.05, 4.69) is 5.32 Å². The zero-order chi connectivity index (χ0) is 16.1. The standard InChI is InChI=1S/C18H15ClN2O/c1-12-6-3-4-7-14(12)10-15(11-20)18(22)21-17-9-5-8-16(19)13(17)2/h3-10H,1-2H3,(H,21,22)/b15-10-. The fourth-order valence-corrected chi connectivity index (χ4v) is 2.16. The van der Waals surface area contributed by atoms with Crippen LogP contribution in [0.4, 0.5) is 5.69 Å². The fourth-order valence-electron chi connectivity index (χ4n) is 1.99. The molecule has 0 bridgehead atoms. The maximum Gasteiger partial charge on any atom is 0.266 e. The number of aryl methyl sites for hydroxylation is 1. The van der Waals surface area contributed by atoms with Crippen molar-refractivity contribution < 1.29 is 4.79 Å². The quantitative estimate of drug-likeness (QED) is 0.670. The molecule has 4 heteroatoms. The van der Waals surface area contributed by atoms with Crippen molar-refractivity contribution in [1.29, 1.82) is 5.26 Å². The number of hydrogen-bond acceptors (Lipinski definition) is 2. The normalized spacial score (nSPS) is 10.9. The molecule has 0 aliphatic heterocycles. The van der Waals surface area contributed by atoms with Crippen molar-refractivity contribution in [2.45, 2.75) is 13.8 Å². The Balaban J connectivity index is 2.29. The van der Waals surface area contributed by atoms with Gasteiger partial charge in [0.05, 0.1) is 0 Å². The molecule has 2 aromatic carbocycles. The van der Waals surface area contributed by atoms with Crippen LogP contribution in [0.25, 0.3) is 6.08 Å². The second kappa shape index (κ2) is 6.93. The molecule has 0 aliphatic carbocycles. The summed E-state index contributed by atoms with van der Waals surface area (Å²) in [5.41, 5.74) is 3.27. The Morgan fingerprint density at radius 3 is 2.59 bits per heavy atom. The smallest absolute Gasteiger partial charge is 0.266 e.